The molecule has 54 valence electrons. The molecule has 1 amide bonds. The van der Waals surface area contributed by atoms with Crippen molar-refractivity contribution < 1.29 is 9.53 Å². The molecule has 0 aromatic carbocycles. The monoisotopic (exact) mass is 140 g/mol. The lowest BCUT2D eigenvalue weighted by atomic mass is 10.3. The summed E-state index contributed by atoms with van der Waals surface area (Å²) in [5, 5.41) is 8.46. The Morgan fingerprint density at radius 1 is 2.00 bits per heavy atom. The Bertz CT molecular complexity index is 185. The lowest BCUT2D eigenvalue weighted by Crippen LogP contribution is -2.31. The standard InChI is InChI=1S/C6H8N2O2/c1-2-8-5(3-7)4-10-6(8)9/h5H,2,4H2,1H3. The smallest absolute Gasteiger partial charge is 0.411 e. The van der Waals surface area contributed by atoms with E-state index < -0.39 is 0 Å². The molecule has 0 saturated carbocycles. The molecule has 1 rings (SSSR count). The molecule has 10 heavy (non-hydrogen) atoms. The quantitative estimate of drug-likeness (QED) is 0.528. The molecule has 1 aliphatic rings. The number of cyclic esters (lactones) is 1. The van der Waals surface area contributed by atoms with Crippen molar-refractivity contribution in [3.8, 4) is 6.07 Å². The van der Waals surface area contributed by atoms with Crippen molar-refractivity contribution in [1.29, 1.82) is 5.26 Å². The predicted molar refractivity (Wildman–Crippen MR) is 33.1 cm³/mol. The van der Waals surface area contributed by atoms with Crippen molar-refractivity contribution in [3.05, 3.63) is 0 Å². The zero-order valence-corrected chi connectivity index (χ0v) is 5.70. The van der Waals surface area contributed by atoms with Gasteiger partial charge in [-0.3, -0.25) is 4.90 Å². The number of hydrogen-bond acceptors (Lipinski definition) is 3. The van der Waals surface area contributed by atoms with Crippen molar-refractivity contribution in [3.63, 3.8) is 0 Å². The van der Waals surface area contributed by atoms with Gasteiger partial charge in [0.1, 0.15) is 6.61 Å². The number of ether oxygens (including phenoxy) is 1. The van der Waals surface area contributed by atoms with Gasteiger partial charge in [-0.2, -0.15) is 5.26 Å². The summed E-state index contributed by atoms with van der Waals surface area (Å²) in [6, 6.07) is 1.60. The normalized spacial score (nSPS) is 24.2. The molecule has 0 aliphatic carbocycles. The molecule has 0 bridgehead atoms. The van der Waals surface area contributed by atoms with E-state index in [2.05, 4.69) is 4.74 Å². The summed E-state index contributed by atoms with van der Waals surface area (Å²) in [6.07, 6.45) is -0.381. The summed E-state index contributed by atoms with van der Waals surface area (Å²) in [5.41, 5.74) is 0. The fraction of sp³-hybridized carbons (Fsp3) is 0.667. The number of carbonyl (C=O) groups is 1. The molecule has 1 atom stereocenters. The average molecular weight is 140 g/mol. The maximum atomic E-state index is 10.7. The summed E-state index contributed by atoms with van der Waals surface area (Å²) in [5.74, 6) is 0. The van der Waals surface area contributed by atoms with Gasteiger partial charge in [0.05, 0.1) is 6.07 Å². The molecule has 1 unspecified atom stereocenters. The Morgan fingerprint density at radius 3 is 3.10 bits per heavy atom. The van der Waals surface area contributed by atoms with Crippen LogP contribution in [0.2, 0.25) is 0 Å². The van der Waals surface area contributed by atoms with Crippen LogP contribution in [0.15, 0.2) is 0 Å². The third kappa shape index (κ3) is 0.903. The van der Waals surface area contributed by atoms with Crippen molar-refractivity contribution in [2.45, 2.75) is 13.0 Å². The van der Waals surface area contributed by atoms with E-state index in [1.165, 1.54) is 4.90 Å². The highest BCUT2D eigenvalue weighted by Gasteiger charge is 2.30. The van der Waals surface area contributed by atoms with Crippen molar-refractivity contribution >= 4 is 6.09 Å². The lowest BCUT2D eigenvalue weighted by molar-refractivity contribution is 0.159. The maximum Gasteiger partial charge on any atom is 0.411 e. The molecule has 4 heteroatoms. The maximum absolute atomic E-state index is 10.7. The zero-order valence-electron chi connectivity index (χ0n) is 5.70. The second-order valence-corrected chi connectivity index (χ2v) is 2.01. The Balaban J connectivity index is 2.65. The van der Waals surface area contributed by atoms with Gasteiger partial charge in [0.25, 0.3) is 0 Å². The zero-order chi connectivity index (χ0) is 7.56. The number of likely N-dealkylation sites (N-methyl/N-ethyl adjacent to an activating group) is 1. The first-order chi connectivity index (χ1) is 4.79. The SMILES string of the molecule is CCN1C(=O)OCC1C#N. The number of nitrogens with zero attached hydrogens (tertiary/aromatic N) is 2. The van der Waals surface area contributed by atoms with Crippen LogP contribution in [0, 0.1) is 11.3 Å². The molecule has 1 fully saturated rings. The first-order valence-corrected chi connectivity index (χ1v) is 3.12. The van der Waals surface area contributed by atoms with Crippen LogP contribution >= 0.6 is 0 Å². The molecule has 0 spiro atoms. The average Bonchev–Trinajstić information content (AvgIpc) is 2.30. The molecule has 4 nitrogen and oxygen atoms in total. The van der Waals surface area contributed by atoms with Crippen molar-refractivity contribution in [2.24, 2.45) is 0 Å². The van der Waals surface area contributed by atoms with Crippen LogP contribution in [0.3, 0.4) is 0 Å². The van der Waals surface area contributed by atoms with Gasteiger partial charge < -0.3 is 4.74 Å². The molecule has 1 aliphatic heterocycles. The third-order valence-corrected chi connectivity index (χ3v) is 1.47. The number of nitriles is 1. The van der Waals surface area contributed by atoms with Crippen LogP contribution in [0.4, 0.5) is 4.79 Å². The van der Waals surface area contributed by atoms with Gasteiger partial charge >= 0.3 is 6.09 Å². The van der Waals surface area contributed by atoms with E-state index >= 15 is 0 Å². The minimum absolute atomic E-state index is 0.211. The van der Waals surface area contributed by atoms with Gasteiger partial charge in [-0.15, -0.1) is 0 Å². The van der Waals surface area contributed by atoms with Crippen LogP contribution in [0.5, 0.6) is 0 Å². The van der Waals surface area contributed by atoms with Crippen LogP contribution in [-0.4, -0.2) is 30.2 Å². The van der Waals surface area contributed by atoms with E-state index in [1.54, 1.807) is 0 Å². The molecule has 1 saturated heterocycles. The molecule has 0 N–H and O–H groups in total. The minimum atomic E-state index is -0.381. The van der Waals surface area contributed by atoms with E-state index in [0.29, 0.717) is 6.54 Å². The Kier molecular flexibility index (Phi) is 1.76. The fourth-order valence-corrected chi connectivity index (χ4v) is 0.907. The van der Waals surface area contributed by atoms with E-state index in [9.17, 15) is 4.79 Å². The summed E-state index contributed by atoms with van der Waals surface area (Å²) < 4.78 is 4.62. The van der Waals surface area contributed by atoms with E-state index in [1.807, 2.05) is 13.0 Å². The van der Waals surface area contributed by atoms with Crippen LogP contribution in [0.1, 0.15) is 6.92 Å². The number of carbonyl (C=O) groups excluding carboxylic acids is 1. The van der Waals surface area contributed by atoms with Gasteiger partial charge in [-0.05, 0) is 6.92 Å². The van der Waals surface area contributed by atoms with Crippen LogP contribution in [-0.2, 0) is 4.74 Å². The van der Waals surface area contributed by atoms with E-state index in [4.69, 9.17) is 5.26 Å². The minimum Gasteiger partial charge on any atom is -0.446 e. The second-order valence-electron chi connectivity index (χ2n) is 2.01. The van der Waals surface area contributed by atoms with Gasteiger partial charge in [0.2, 0.25) is 0 Å². The molecular formula is C6H8N2O2. The number of rotatable bonds is 1. The van der Waals surface area contributed by atoms with Crippen molar-refractivity contribution in [1.82, 2.24) is 4.90 Å². The van der Waals surface area contributed by atoms with Gasteiger partial charge in [-0.25, -0.2) is 4.79 Å². The molecular weight excluding hydrogens is 132 g/mol. The highest BCUT2D eigenvalue weighted by Crippen LogP contribution is 2.09. The van der Waals surface area contributed by atoms with E-state index in [0.717, 1.165) is 0 Å². The Hall–Kier alpha value is -1.24. The first-order valence-electron chi connectivity index (χ1n) is 3.12. The van der Waals surface area contributed by atoms with Gasteiger partial charge in [0, 0.05) is 6.54 Å². The summed E-state index contributed by atoms with van der Waals surface area (Å²) in [4.78, 5) is 12.1. The second kappa shape index (κ2) is 2.56. The van der Waals surface area contributed by atoms with Gasteiger partial charge in [0.15, 0.2) is 6.04 Å². The van der Waals surface area contributed by atoms with Gasteiger partial charge in [-0.1, -0.05) is 0 Å². The summed E-state index contributed by atoms with van der Waals surface area (Å²) in [7, 11) is 0. The summed E-state index contributed by atoms with van der Waals surface area (Å²) in [6.45, 7) is 2.57. The Morgan fingerprint density at radius 2 is 2.70 bits per heavy atom. The molecule has 0 aromatic heterocycles. The number of amides is 1. The van der Waals surface area contributed by atoms with Crippen molar-refractivity contribution in [2.75, 3.05) is 13.2 Å². The third-order valence-electron chi connectivity index (χ3n) is 1.47. The van der Waals surface area contributed by atoms with Crippen LogP contribution in [0.25, 0.3) is 0 Å². The Labute approximate surface area is 59.0 Å². The predicted octanol–water partition coefficient (Wildman–Crippen LogP) is 0.351. The van der Waals surface area contributed by atoms with E-state index in [-0.39, 0.29) is 18.7 Å². The lowest BCUT2D eigenvalue weighted by Gasteiger charge is -2.11. The largest absolute Gasteiger partial charge is 0.446 e. The number of hydrogen-bond donors (Lipinski definition) is 0. The molecule has 1 heterocycles. The topological polar surface area (TPSA) is 53.3 Å². The molecule has 0 radical (unpaired) electrons. The van der Waals surface area contributed by atoms with Crippen LogP contribution < -0.4 is 0 Å². The highest BCUT2D eigenvalue weighted by atomic mass is 16.6. The fourth-order valence-electron chi connectivity index (χ4n) is 0.907. The highest BCUT2D eigenvalue weighted by molar-refractivity contribution is 5.70. The first kappa shape index (κ1) is 6.87. The molecule has 0 aromatic rings. The summed E-state index contributed by atoms with van der Waals surface area (Å²) >= 11 is 0.